The molecule has 0 aliphatic rings. The van der Waals surface area contributed by atoms with Gasteiger partial charge in [-0.3, -0.25) is 0 Å². The smallest absolute Gasteiger partial charge is 0.0950 e. The van der Waals surface area contributed by atoms with Crippen molar-refractivity contribution in [3.8, 4) is 0 Å². The number of aliphatic hydroxyl groups is 1. The SMILES string of the molecule is CC(NC(C)C(C)CO)c1ccoc1. The number of hydrogen-bond acceptors (Lipinski definition) is 3. The molecule has 14 heavy (non-hydrogen) atoms. The molecule has 0 aliphatic heterocycles. The quantitative estimate of drug-likeness (QED) is 0.758. The van der Waals surface area contributed by atoms with Crippen LogP contribution in [0, 0.1) is 5.92 Å². The molecule has 3 heteroatoms. The predicted octanol–water partition coefficient (Wildman–Crippen LogP) is 1.95. The molecule has 0 saturated heterocycles. The Bertz CT molecular complexity index is 246. The highest BCUT2D eigenvalue weighted by Crippen LogP contribution is 2.14. The second kappa shape index (κ2) is 5.17. The van der Waals surface area contributed by atoms with Crippen molar-refractivity contribution in [1.82, 2.24) is 5.32 Å². The molecule has 80 valence electrons. The molecule has 1 rings (SSSR count). The van der Waals surface area contributed by atoms with Crippen LogP contribution >= 0.6 is 0 Å². The van der Waals surface area contributed by atoms with Crippen molar-refractivity contribution < 1.29 is 9.52 Å². The summed E-state index contributed by atoms with van der Waals surface area (Å²) in [6.45, 7) is 6.41. The van der Waals surface area contributed by atoms with Gasteiger partial charge in [0.2, 0.25) is 0 Å². The Hall–Kier alpha value is -0.800. The summed E-state index contributed by atoms with van der Waals surface area (Å²) in [4.78, 5) is 0. The highest BCUT2D eigenvalue weighted by molar-refractivity contribution is 5.10. The highest BCUT2D eigenvalue weighted by Gasteiger charge is 2.14. The normalized spacial score (nSPS) is 17.7. The van der Waals surface area contributed by atoms with Crippen LogP contribution in [0.15, 0.2) is 23.0 Å². The Morgan fingerprint density at radius 1 is 1.43 bits per heavy atom. The number of aliphatic hydroxyl groups excluding tert-OH is 1. The van der Waals surface area contributed by atoms with Crippen molar-refractivity contribution in [2.75, 3.05) is 6.61 Å². The second-order valence-electron chi connectivity index (χ2n) is 3.89. The van der Waals surface area contributed by atoms with E-state index in [0.29, 0.717) is 6.04 Å². The van der Waals surface area contributed by atoms with Gasteiger partial charge in [-0.1, -0.05) is 6.92 Å². The predicted molar refractivity (Wildman–Crippen MR) is 56.0 cm³/mol. The van der Waals surface area contributed by atoms with Crippen molar-refractivity contribution in [3.05, 3.63) is 24.2 Å². The number of rotatable bonds is 5. The van der Waals surface area contributed by atoms with Gasteiger partial charge in [-0.2, -0.15) is 0 Å². The summed E-state index contributed by atoms with van der Waals surface area (Å²) in [6, 6.07) is 2.51. The molecule has 3 nitrogen and oxygen atoms in total. The van der Waals surface area contributed by atoms with E-state index < -0.39 is 0 Å². The molecular formula is C11H19NO2. The topological polar surface area (TPSA) is 45.4 Å². The summed E-state index contributed by atoms with van der Waals surface area (Å²) >= 11 is 0. The molecule has 0 aromatic carbocycles. The van der Waals surface area contributed by atoms with Crippen molar-refractivity contribution in [3.63, 3.8) is 0 Å². The lowest BCUT2D eigenvalue weighted by molar-refractivity contribution is 0.202. The molecule has 3 unspecified atom stereocenters. The van der Waals surface area contributed by atoms with E-state index in [-0.39, 0.29) is 18.6 Å². The molecule has 0 radical (unpaired) electrons. The first-order valence-corrected chi connectivity index (χ1v) is 5.04. The number of hydrogen-bond donors (Lipinski definition) is 2. The van der Waals surface area contributed by atoms with Gasteiger partial charge in [0.15, 0.2) is 0 Å². The summed E-state index contributed by atoms with van der Waals surface area (Å²) in [5.41, 5.74) is 1.14. The Kier molecular flexibility index (Phi) is 4.17. The minimum atomic E-state index is 0.215. The lowest BCUT2D eigenvalue weighted by atomic mass is 10.0. The van der Waals surface area contributed by atoms with Gasteiger partial charge in [-0.05, 0) is 25.8 Å². The summed E-state index contributed by atoms with van der Waals surface area (Å²) in [5.74, 6) is 0.268. The van der Waals surface area contributed by atoms with E-state index in [1.165, 1.54) is 0 Å². The maximum Gasteiger partial charge on any atom is 0.0950 e. The minimum absolute atomic E-state index is 0.215. The molecule has 1 aromatic rings. The standard InChI is InChI=1S/C11H19NO2/c1-8(6-13)9(2)12-10(3)11-4-5-14-7-11/h4-5,7-10,12-13H,6H2,1-3H3. The molecule has 0 amide bonds. The van der Waals surface area contributed by atoms with Crippen molar-refractivity contribution >= 4 is 0 Å². The van der Waals surface area contributed by atoms with E-state index in [2.05, 4.69) is 19.2 Å². The average molecular weight is 197 g/mol. The molecule has 0 bridgehead atoms. The zero-order chi connectivity index (χ0) is 10.6. The summed E-state index contributed by atoms with van der Waals surface area (Å²) in [6.07, 6.45) is 3.42. The molecule has 0 saturated carbocycles. The first-order chi connectivity index (χ1) is 6.65. The zero-order valence-corrected chi connectivity index (χ0v) is 9.03. The van der Waals surface area contributed by atoms with E-state index in [1.54, 1.807) is 12.5 Å². The second-order valence-corrected chi connectivity index (χ2v) is 3.89. The summed E-state index contributed by atoms with van der Waals surface area (Å²) in [7, 11) is 0. The van der Waals surface area contributed by atoms with E-state index in [0.717, 1.165) is 5.56 Å². The van der Waals surface area contributed by atoms with Crippen LogP contribution in [-0.2, 0) is 0 Å². The van der Waals surface area contributed by atoms with E-state index >= 15 is 0 Å². The van der Waals surface area contributed by atoms with Gasteiger partial charge >= 0.3 is 0 Å². The van der Waals surface area contributed by atoms with E-state index in [4.69, 9.17) is 9.52 Å². The molecule has 1 heterocycles. The number of nitrogens with one attached hydrogen (secondary N) is 1. The highest BCUT2D eigenvalue weighted by atomic mass is 16.3. The lowest BCUT2D eigenvalue weighted by Crippen LogP contribution is -2.35. The molecule has 2 N–H and O–H groups in total. The van der Waals surface area contributed by atoms with Crippen LogP contribution in [-0.4, -0.2) is 17.8 Å². The van der Waals surface area contributed by atoms with Crippen LogP contribution in [0.3, 0.4) is 0 Å². The Morgan fingerprint density at radius 2 is 2.14 bits per heavy atom. The molecule has 1 aromatic heterocycles. The average Bonchev–Trinajstić information content (AvgIpc) is 2.69. The molecule has 0 fully saturated rings. The fourth-order valence-electron chi connectivity index (χ4n) is 1.33. The largest absolute Gasteiger partial charge is 0.472 e. The van der Waals surface area contributed by atoms with Gasteiger partial charge in [0.1, 0.15) is 0 Å². The Balaban J connectivity index is 2.44. The molecule has 3 atom stereocenters. The summed E-state index contributed by atoms with van der Waals surface area (Å²) < 4.78 is 5.01. The van der Waals surface area contributed by atoms with Gasteiger partial charge in [-0.25, -0.2) is 0 Å². The van der Waals surface area contributed by atoms with Crippen molar-refractivity contribution in [2.24, 2.45) is 5.92 Å². The van der Waals surface area contributed by atoms with Gasteiger partial charge in [-0.15, -0.1) is 0 Å². The lowest BCUT2D eigenvalue weighted by Gasteiger charge is -2.23. The van der Waals surface area contributed by atoms with Crippen LogP contribution < -0.4 is 5.32 Å². The van der Waals surface area contributed by atoms with E-state index in [9.17, 15) is 0 Å². The maximum atomic E-state index is 8.99. The third-order valence-electron chi connectivity index (χ3n) is 2.70. The van der Waals surface area contributed by atoms with Crippen LogP contribution in [0.5, 0.6) is 0 Å². The Labute approximate surface area is 85.1 Å². The van der Waals surface area contributed by atoms with Crippen LogP contribution in [0.25, 0.3) is 0 Å². The molecule has 0 spiro atoms. The van der Waals surface area contributed by atoms with E-state index in [1.807, 2.05) is 13.0 Å². The fraction of sp³-hybridized carbons (Fsp3) is 0.636. The van der Waals surface area contributed by atoms with Gasteiger partial charge < -0.3 is 14.8 Å². The zero-order valence-electron chi connectivity index (χ0n) is 9.03. The number of furan rings is 1. The molecule has 0 aliphatic carbocycles. The van der Waals surface area contributed by atoms with Crippen LogP contribution in [0.1, 0.15) is 32.4 Å². The van der Waals surface area contributed by atoms with Gasteiger partial charge in [0.25, 0.3) is 0 Å². The molecular weight excluding hydrogens is 178 g/mol. The third-order valence-corrected chi connectivity index (χ3v) is 2.70. The first kappa shape index (κ1) is 11.3. The monoisotopic (exact) mass is 197 g/mol. The minimum Gasteiger partial charge on any atom is -0.472 e. The third kappa shape index (κ3) is 2.86. The van der Waals surface area contributed by atoms with Crippen molar-refractivity contribution in [2.45, 2.75) is 32.9 Å². The van der Waals surface area contributed by atoms with Gasteiger partial charge in [0, 0.05) is 24.3 Å². The van der Waals surface area contributed by atoms with Crippen LogP contribution in [0.2, 0.25) is 0 Å². The Morgan fingerprint density at radius 3 is 2.64 bits per heavy atom. The van der Waals surface area contributed by atoms with Crippen LogP contribution in [0.4, 0.5) is 0 Å². The maximum absolute atomic E-state index is 8.99. The fourth-order valence-corrected chi connectivity index (χ4v) is 1.33. The summed E-state index contributed by atoms with van der Waals surface area (Å²) in [5, 5.41) is 12.4. The first-order valence-electron chi connectivity index (χ1n) is 5.04. The van der Waals surface area contributed by atoms with Gasteiger partial charge in [0.05, 0.1) is 12.5 Å². The van der Waals surface area contributed by atoms with Crippen molar-refractivity contribution in [1.29, 1.82) is 0 Å².